The van der Waals surface area contributed by atoms with Crippen molar-refractivity contribution < 1.29 is 13.9 Å². The van der Waals surface area contributed by atoms with Gasteiger partial charge in [0.1, 0.15) is 28.6 Å². The van der Waals surface area contributed by atoms with E-state index in [9.17, 15) is 4.39 Å². The van der Waals surface area contributed by atoms with Crippen LogP contribution in [0, 0.1) is 6.92 Å². The maximum atomic E-state index is 14.9. The minimum absolute atomic E-state index is 0.0302. The summed E-state index contributed by atoms with van der Waals surface area (Å²) in [6.45, 7) is 2.71. The first-order chi connectivity index (χ1) is 17.0. The predicted octanol–water partition coefficient (Wildman–Crippen LogP) is 4.74. The summed E-state index contributed by atoms with van der Waals surface area (Å²) >= 11 is 0. The van der Waals surface area contributed by atoms with E-state index in [1.807, 2.05) is 52.7 Å². The Bertz CT molecular complexity index is 1410. The molecule has 35 heavy (non-hydrogen) atoms. The maximum absolute atomic E-state index is 14.9. The molecule has 0 saturated heterocycles. The third kappa shape index (κ3) is 3.75. The van der Waals surface area contributed by atoms with E-state index in [4.69, 9.17) is 24.5 Å². The van der Waals surface area contributed by atoms with Crippen LogP contribution in [0.4, 0.5) is 4.39 Å². The Morgan fingerprint density at radius 3 is 2.66 bits per heavy atom. The van der Waals surface area contributed by atoms with Crippen LogP contribution in [0.15, 0.2) is 42.9 Å². The van der Waals surface area contributed by atoms with Crippen LogP contribution in [0.3, 0.4) is 0 Å². The maximum Gasteiger partial charge on any atom is 0.238 e. The number of benzene rings is 1. The van der Waals surface area contributed by atoms with Crippen LogP contribution in [-0.4, -0.2) is 43.5 Å². The SMILES string of the molecule is COc1ccc(C2(F)CC2)cc1[C@H]1CCCn2nc(-c3ccc(-n4cnc(C)c4)c(OC)n3)nc21. The fraction of sp³-hybridized carbons (Fsp3) is 0.385. The third-order valence-corrected chi connectivity index (χ3v) is 6.94. The van der Waals surface area contributed by atoms with Crippen LogP contribution < -0.4 is 9.47 Å². The number of pyridine rings is 1. The van der Waals surface area contributed by atoms with Crippen molar-refractivity contribution in [1.82, 2.24) is 29.3 Å². The van der Waals surface area contributed by atoms with Gasteiger partial charge in [-0.3, -0.25) is 0 Å². The van der Waals surface area contributed by atoms with E-state index < -0.39 is 5.67 Å². The van der Waals surface area contributed by atoms with Gasteiger partial charge in [-0.15, -0.1) is 5.10 Å². The summed E-state index contributed by atoms with van der Waals surface area (Å²) in [5, 5.41) is 4.77. The minimum Gasteiger partial charge on any atom is -0.496 e. The van der Waals surface area contributed by atoms with Crippen molar-refractivity contribution in [3.63, 3.8) is 0 Å². The van der Waals surface area contributed by atoms with E-state index in [-0.39, 0.29) is 5.92 Å². The van der Waals surface area contributed by atoms with E-state index in [1.54, 1.807) is 20.5 Å². The van der Waals surface area contributed by atoms with E-state index in [0.29, 0.717) is 30.2 Å². The monoisotopic (exact) mass is 474 g/mol. The molecule has 0 amide bonds. The van der Waals surface area contributed by atoms with Gasteiger partial charge in [-0.1, -0.05) is 6.07 Å². The number of fused-ring (bicyclic) bond motifs is 1. The summed E-state index contributed by atoms with van der Waals surface area (Å²) in [5.74, 6) is 2.58. The van der Waals surface area contributed by atoms with Gasteiger partial charge in [0.2, 0.25) is 5.88 Å². The summed E-state index contributed by atoms with van der Waals surface area (Å²) in [4.78, 5) is 13.9. The number of halogens is 1. The van der Waals surface area contributed by atoms with E-state index in [1.165, 1.54) is 0 Å². The van der Waals surface area contributed by atoms with Crippen LogP contribution in [0.25, 0.3) is 17.2 Å². The molecule has 0 N–H and O–H groups in total. The molecule has 2 aliphatic rings. The van der Waals surface area contributed by atoms with Gasteiger partial charge in [0.05, 0.1) is 26.2 Å². The number of imidazole rings is 1. The summed E-state index contributed by atoms with van der Waals surface area (Å²) in [6.07, 6.45) is 6.65. The molecule has 1 aromatic carbocycles. The fourth-order valence-electron chi connectivity index (χ4n) is 4.89. The average molecular weight is 475 g/mol. The fourth-order valence-corrected chi connectivity index (χ4v) is 4.89. The average Bonchev–Trinajstić information content (AvgIpc) is 3.27. The number of hydrogen-bond acceptors (Lipinski definition) is 6. The smallest absolute Gasteiger partial charge is 0.238 e. The van der Waals surface area contributed by atoms with Crippen molar-refractivity contribution in [1.29, 1.82) is 0 Å². The Labute approximate surface area is 202 Å². The molecular formula is C26H27FN6O2. The number of aryl methyl sites for hydroxylation is 2. The predicted molar refractivity (Wildman–Crippen MR) is 128 cm³/mol. The molecule has 0 radical (unpaired) electrons. The second-order valence-electron chi connectivity index (χ2n) is 9.28. The number of rotatable bonds is 6. The number of nitrogens with zero attached hydrogens (tertiary/aromatic N) is 6. The zero-order chi connectivity index (χ0) is 24.2. The van der Waals surface area contributed by atoms with Crippen LogP contribution in [-0.2, 0) is 12.2 Å². The topological polar surface area (TPSA) is 79.9 Å². The molecule has 3 aromatic heterocycles. The molecule has 1 atom stereocenters. The molecule has 180 valence electrons. The Morgan fingerprint density at radius 2 is 1.94 bits per heavy atom. The normalized spacial score (nSPS) is 18.2. The van der Waals surface area contributed by atoms with Crippen LogP contribution in [0.5, 0.6) is 11.6 Å². The van der Waals surface area contributed by atoms with Gasteiger partial charge in [-0.25, -0.2) is 24.0 Å². The first-order valence-corrected chi connectivity index (χ1v) is 11.9. The number of aromatic nitrogens is 6. The molecule has 0 unspecified atom stereocenters. The minimum atomic E-state index is -1.20. The van der Waals surface area contributed by atoms with Crippen LogP contribution >= 0.6 is 0 Å². The number of ether oxygens (including phenoxy) is 2. The van der Waals surface area contributed by atoms with Crippen molar-refractivity contribution >= 4 is 0 Å². The lowest BCUT2D eigenvalue weighted by molar-refractivity contribution is 0.316. The summed E-state index contributed by atoms with van der Waals surface area (Å²) < 4.78 is 29.9. The van der Waals surface area contributed by atoms with Crippen molar-refractivity contribution in [3.8, 4) is 28.8 Å². The lowest BCUT2D eigenvalue weighted by atomic mass is 9.88. The second-order valence-corrected chi connectivity index (χ2v) is 9.28. The molecule has 8 nitrogen and oxygen atoms in total. The highest BCUT2D eigenvalue weighted by atomic mass is 19.1. The zero-order valence-corrected chi connectivity index (χ0v) is 20.0. The van der Waals surface area contributed by atoms with Gasteiger partial charge in [0.25, 0.3) is 0 Å². The van der Waals surface area contributed by atoms with Crippen molar-refractivity contribution in [2.75, 3.05) is 14.2 Å². The van der Waals surface area contributed by atoms with Gasteiger partial charge in [0, 0.05) is 24.2 Å². The molecule has 1 fully saturated rings. The summed E-state index contributed by atoms with van der Waals surface area (Å²) in [6, 6.07) is 9.51. The molecule has 6 rings (SSSR count). The molecule has 9 heteroatoms. The zero-order valence-electron chi connectivity index (χ0n) is 20.0. The summed E-state index contributed by atoms with van der Waals surface area (Å²) in [7, 11) is 3.25. The van der Waals surface area contributed by atoms with Crippen LogP contribution in [0.1, 0.15) is 54.2 Å². The molecule has 0 spiro atoms. The Kier molecular flexibility index (Phi) is 5.09. The largest absolute Gasteiger partial charge is 0.496 e. The highest BCUT2D eigenvalue weighted by Crippen LogP contribution is 2.51. The standard InChI is InChI=1S/C26H27FN6O2/c1-16-14-32(15-28-16)21-8-7-20(29-25(21)35-3)23-30-24-18(5-4-12-33(24)31-23)19-13-17(26(27)10-11-26)6-9-22(19)34-2/h6-9,13-15,18H,4-5,10-12H2,1-3H3/t18-/m1/s1. The number of hydrogen-bond donors (Lipinski definition) is 0. The molecule has 1 aliphatic heterocycles. The number of alkyl halides is 1. The van der Waals surface area contributed by atoms with E-state index >= 15 is 0 Å². The first kappa shape index (κ1) is 21.8. The van der Waals surface area contributed by atoms with Crippen molar-refractivity contribution in [3.05, 3.63) is 65.5 Å². The highest BCUT2D eigenvalue weighted by molar-refractivity contribution is 5.56. The highest BCUT2D eigenvalue weighted by Gasteiger charge is 2.45. The van der Waals surface area contributed by atoms with Crippen LogP contribution in [0.2, 0.25) is 0 Å². The molecule has 4 heterocycles. The van der Waals surface area contributed by atoms with E-state index in [2.05, 4.69) is 4.98 Å². The van der Waals surface area contributed by atoms with Crippen molar-refractivity contribution in [2.24, 2.45) is 0 Å². The summed E-state index contributed by atoms with van der Waals surface area (Å²) in [5.41, 5.74) is 2.81. The van der Waals surface area contributed by atoms with Gasteiger partial charge >= 0.3 is 0 Å². The Morgan fingerprint density at radius 1 is 1.09 bits per heavy atom. The lowest BCUT2D eigenvalue weighted by Crippen LogP contribution is -2.19. The van der Waals surface area contributed by atoms with Gasteiger partial charge in [-0.2, -0.15) is 0 Å². The third-order valence-electron chi connectivity index (χ3n) is 6.94. The Hall–Kier alpha value is -3.75. The van der Waals surface area contributed by atoms with Gasteiger partial charge in [-0.05, 0) is 62.4 Å². The molecule has 1 saturated carbocycles. The lowest BCUT2D eigenvalue weighted by Gasteiger charge is -2.25. The van der Waals surface area contributed by atoms with Gasteiger partial charge in [0.15, 0.2) is 5.82 Å². The quantitative estimate of drug-likeness (QED) is 0.402. The molecular weight excluding hydrogens is 447 g/mol. The van der Waals surface area contributed by atoms with Gasteiger partial charge < -0.3 is 14.0 Å². The Balaban J connectivity index is 1.39. The van der Waals surface area contributed by atoms with E-state index in [0.717, 1.165) is 53.5 Å². The second kappa shape index (κ2) is 8.18. The molecule has 4 aromatic rings. The first-order valence-electron chi connectivity index (χ1n) is 11.9. The molecule has 0 bridgehead atoms. The van der Waals surface area contributed by atoms with Crippen molar-refractivity contribution in [2.45, 2.75) is 50.7 Å². The molecule has 1 aliphatic carbocycles. The number of methoxy groups -OCH3 is 2.